The van der Waals surface area contributed by atoms with Gasteiger partial charge >= 0.3 is 0 Å². The molecule has 0 amide bonds. The third-order valence-electron chi connectivity index (χ3n) is 3.90. The SMILES string of the molecule is C=CCn1c(SC[C@H](O)COc2ccccc2C)nnc1-c1ccncc1. The molecule has 1 atom stereocenters. The maximum Gasteiger partial charge on any atom is 0.191 e. The van der Waals surface area contributed by atoms with Crippen molar-refractivity contribution < 1.29 is 9.84 Å². The molecule has 0 aliphatic carbocycles. The van der Waals surface area contributed by atoms with E-state index in [-0.39, 0.29) is 6.61 Å². The van der Waals surface area contributed by atoms with Gasteiger partial charge in [-0.1, -0.05) is 36.0 Å². The van der Waals surface area contributed by atoms with E-state index in [1.54, 1.807) is 18.5 Å². The number of aliphatic hydroxyl groups excluding tert-OH is 1. The summed E-state index contributed by atoms with van der Waals surface area (Å²) in [7, 11) is 0. The number of pyridine rings is 1. The average Bonchev–Trinajstić information content (AvgIpc) is 3.09. The van der Waals surface area contributed by atoms with Crippen molar-refractivity contribution in [2.45, 2.75) is 24.7 Å². The van der Waals surface area contributed by atoms with Crippen molar-refractivity contribution in [3.05, 3.63) is 67.0 Å². The normalized spacial score (nSPS) is 11.9. The van der Waals surface area contributed by atoms with Gasteiger partial charge in [-0.2, -0.15) is 0 Å². The molecule has 1 N–H and O–H groups in total. The number of benzene rings is 1. The van der Waals surface area contributed by atoms with E-state index in [1.807, 2.05) is 47.9 Å². The minimum Gasteiger partial charge on any atom is -0.491 e. The van der Waals surface area contributed by atoms with Crippen molar-refractivity contribution in [1.82, 2.24) is 19.7 Å². The Bertz CT molecular complexity index is 883. The number of aryl methyl sites for hydroxylation is 1. The van der Waals surface area contributed by atoms with Crippen LogP contribution in [0.3, 0.4) is 0 Å². The van der Waals surface area contributed by atoms with E-state index >= 15 is 0 Å². The quantitative estimate of drug-likeness (QED) is 0.452. The van der Waals surface area contributed by atoms with Gasteiger partial charge in [-0.3, -0.25) is 9.55 Å². The van der Waals surface area contributed by atoms with E-state index in [4.69, 9.17) is 4.74 Å². The zero-order valence-electron chi connectivity index (χ0n) is 15.2. The van der Waals surface area contributed by atoms with Gasteiger partial charge in [-0.05, 0) is 30.7 Å². The van der Waals surface area contributed by atoms with Crippen molar-refractivity contribution in [3.8, 4) is 17.1 Å². The highest BCUT2D eigenvalue weighted by Crippen LogP contribution is 2.24. The summed E-state index contributed by atoms with van der Waals surface area (Å²) in [6, 6.07) is 11.5. The standard InChI is InChI=1S/C20H22N4O2S/c1-3-12-24-19(16-8-10-21-11-9-16)22-23-20(24)27-14-17(25)13-26-18-7-5-4-6-15(18)2/h3-11,17,25H,1,12-14H2,2H3/t17-/m1/s1. The summed E-state index contributed by atoms with van der Waals surface area (Å²) >= 11 is 1.45. The molecule has 0 unspecified atom stereocenters. The molecule has 0 aliphatic heterocycles. The first kappa shape index (κ1) is 19.1. The number of hydrogen-bond acceptors (Lipinski definition) is 6. The van der Waals surface area contributed by atoms with Crippen LogP contribution in [-0.4, -0.2) is 43.3 Å². The number of aliphatic hydroxyl groups is 1. The molecule has 0 bridgehead atoms. The van der Waals surface area contributed by atoms with Crippen molar-refractivity contribution in [2.75, 3.05) is 12.4 Å². The largest absolute Gasteiger partial charge is 0.491 e. The Kier molecular flexibility index (Phi) is 6.62. The molecule has 0 saturated carbocycles. The summed E-state index contributed by atoms with van der Waals surface area (Å²) in [6.45, 7) is 6.60. The minimum absolute atomic E-state index is 0.227. The first-order valence-electron chi connectivity index (χ1n) is 8.63. The van der Waals surface area contributed by atoms with Crippen LogP contribution in [0.1, 0.15) is 5.56 Å². The molecule has 2 aromatic heterocycles. The molecule has 0 saturated heterocycles. The topological polar surface area (TPSA) is 73.1 Å². The fraction of sp³-hybridized carbons (Fsp3) is 0.250. The Morgan fingerprint density at radius 3 is 2.74 bits per heavy atom. The van der Waals surface area contributed by atoms with Gasteiger partial charge in [0.05, 0.1) is 6.10 Å². The molecule has 3 aromatic rings. The second-order valence-electron chi connectivity index (χ2n) is 5.98. The van der Waals surface area contributed by atoms with Crippen LogP contribution in [0.2, 0.25) is 0 Å². The Morgan fingerprint density at radius 1 is 1.22 bits per heavy atom. The van der Waals surface area contributed by atoms with Crippen LogP contribution in [0.15, 0.2) is 66.6 Å². The molecule has 140 valence electrons. The summed E-state index contributed by atoms with van der Waals surface area (Å²) in [6.07, 6.45) is 4.63. The van der Waals surface area contributed by atoms with E-state index in [0.29, 0.717) is 12.3 Å². The zero-order valence-corrected chi connectivity index (χ0v) is 16.0. The van der Waals surface area contributed by atoms with E-state index in [1.165, 1.54) is 11.8 Å². The maximum atomic E-state index is 10.3. The Balaban J connectivity index is 1.63. The Morgan fingerprint density at radius 2 is 2.00 bits per heavy atom. The number of thioether (sulfide) groups is 1. The van der Waals surface area contributed by atoms with Crippen LogP contribution in [0.25, 0.3) is 11.4 Å². The predicted molar refractivity (Wildman–Crippen MR) is 107 cm³/mol. The summed E-state index contributed by atoms with van der Waals surface area (Å²) in [5.74, 6) is 2.00. The molecule has 3 rings (SSSR count). The van der Waals surface area contributed by atoms with Gasteiger partial charge in [-0.25, -0.2) is 0 Å². The second-order valence-corrected chi connectivity index (χ2v) is 6.97. The number of allylic oxidation sites excluding steroid dienone is 1. The predicted octanol–water partition coefficient (Wildman–Crippen LogP) is 3.37. The number of hydrogen-bond donors (Lipinski definition) is 1. The summed E-state index contributed by atoms with van der Waals surface area (Å²) in [4.78, 5) is 4.03. The third kappa shape index (κ3) is 4.96. The van der Waals surface area contributed by atoms with Gasteiger partial charge < -0.3 is 9.84 Å². The van der Waals surface area contributed by atoms with Crippen LogP contribution in [0, 0.1) is 6.92 Å². The van der Waals surface area contributed by atoms with E-state index < -0.39 is 6.10 Å². The van der Waals surface area contributed by atoms with Gasteiger partial charge in [0, 0.05) is 30.3 Å². The monoisotopic (exact) mass is 382 g/mol. The van der Waals surface area contributed by atoms with E-state index in [2.05, 4.69) is 21.8 Å². The number of nitrogens with zero attached hydrogens (tertiary/aromatic N) is 4. The van der Waals surface area contributed by atoms with Gasteiger partial charge in [-0.15, -0.1) is 16.8 Å². The van der Waals surface area contributed by atoms with Crippen LogP contribution in [0.4, 0.5) is 0 Å². The van der Waals surface area contributed by atoms with Crippen LogP contribution in [-0.2, 0) is 6.54 Å². The lowest BCUT2D eigenvalue weighted by Crippen LogP contribution is -2.20. The van der Waals surface area contributed by atoms with Crippen LogP contribution < -0.4 is 4.74 Å². The minimum atomic E-state index is -0.618. The molecule has 7 heteroatoms. The smallest absolute Gasteiger partial charge is 0.191 e. The fourth-order valence-electron chi connectivity index (χ4n) is 2.53. The van der Waals surface area contributed by atoms with Crippen molar-refractivity contribution in [3.63, 3.8) is 0 Å². The fourth-order valence-corrected chi connectivity index (χ4v) is 3.38. The molecule has 0 radical (unpaired) electrons. The summed E-state index contributed by atoms with van der Waals surface area (Å²) in [5, 5.41) is 19.6. The van der Waals surface area contributed by atoms with Gasteiger partial charge in [0.1, 0.15) is 12.4 Å². The summed E-state index contributed by atoms with van der Waals surface area (Å²) in [5.41, 5.74) is 1.99. The third-order valence-corrected chi connectivity index (χ3v) is 5.01. The van der Waals surface area contributed by atoms with Crippen LogP contribution >= 0.6 is 11.8 Å². The first-order valence-corrected chi connectivity index (χ1v) is 9.61. The van der Waals surface area contributed by atoms with Gasteiger partial charge in [0.15, 0.2) is 11.0 Å². The highest BCUT2D eigenvalue weighted by molar-refractivity contribution is 7.99. The molecule has 0 spiro atoms. The molecular formula is C20H22N4O2S. The zero-order chi connectivity index (χ0) is 19.1. The maximum absolute atomic E-state index is 10.3. The molecule has 6 nitrogen and oxygen atoms in total. The lowest BCUT2D eigenvalue weighted by Gasteiger charge is -2.13. The molecule has 2 heterocycles. The number of aromatic nitrogens is 4. The number of para-hydroxylation sites is 1. The van der Waals surface area contributed by atoms with Crippen LogP contribution in [0.5, 0.6) is 5.75 Å². The first-order chi connectivity index (χ1) is 13.2. The number of rotatable bonds is 9. The van der Waals surface area contributed by atoms with E-state index in [9.17, 15) is 5.11 Å². The molecule has 0 aliphatic rings. The molecular weight excluding hydrogens is 360 g/mol. The van der Waals surface area contributed by atoms with E-state index in [0.717, 1.165) is 27.9 Å². The number of ether oxygens (including phenoxy) is 1. The average molecular weight is 382 g/mol. The van der Waals surface area contributed by atoms with Gasteiger partial charge in [0.2, 0.25) is 0 Å². The molecule has 1 aromatic carbocycles. The highest BCUT2D eigenvalue weighted by Gasteiger charge is 2.15. The van der Waals surface area contributed by atoms with Crippen molar-refractivity contribution in [2.24, 2.45) is 0 Å². The molecule has 0 fully saturated rings. The lowest BCUT2D eigenvalue weighted by molar-refractivity contribution is 0.126. The second kappa shape index (κ2) is 9.34. The molecule has 27 heavy (non-hydrogen) atoms. The van der Waals surface area contributed by atoms with Crippen molar-refractivity contribution in [1.29, 1.82) is 0 Å². The Hall–Kier alpha value is -2.64. The Labute approximate surface area is 162 Å². The highest BCUT2D eigenvalue weighted by atomic mass is 32.2. The summed E-state index contributed by atoms with van der Waals surface area (Å²) < 4.78 is 7.68. The van der Waals surface area contributed by atoms with Crippen molar-refractivity contribution >= 4 is 11.8 Å². The van der Waals surface area contributed by atoms with Gasteiger partial charge in [0.25, 0.3) is 0 Å². The lowest BCUT2D eigenvalue weighted by atomic mass is 10.2.